The molecule has 0 aliphatic carbocycles. The molecule has 1 atom stereocenters. The van der Waals surface area contributed by atoms with Gasteiger partial charge in [0.1, 0.15) is 11.9 Å². The molecule has 19 heavy (non-hydrogen) atoms. The zero-order valence-corrected chi connectivity index (χ0v) is 12.9. The summed E-state index contributed by atoms with van der Waals surface area (Å²) in [7, 11) is 0. The number of fused-ring (bicyclic) bond motifs is 1. The van der Waals surface area contributed by atoms with Crippen LogP contribution in [0.5, 0.6) is 0 Å². The number of thioether (sulfide) groups is 1. The first-order chi connectivity index (χ1) is 9.24. The monoisotopic (exact) mass is 311 g/mol. The second-order valence-corrected chi connectivity index (χ2v) is 7.79. The molecule has 0 aromatic carbocycles. The molecule has 0 radical (unpaired) electrons. The molecule has 0 bridgehead atoms. The third kappa shape index (κ3) is 2.85. The number of aromatic nitrogens is 1. The van der Waals surface area contributed by atoms with Crippen molar-refractivity contribution < 1.29 is 9.53 Å². The van der Waals surface area contributed by atoms with E-state index >= 15 is 0 Å². The summed E-state index contributed by atoms with van der Waals surface area (Å²) in [6.45, 7) is 2.28. The summed E-state index contributed by atoms with van der Waals surface area (Å²) in [4.78, 5) is 18.7. The van der Waals surface area contributed by atoms with E-state index in [4.69, 9.17) is 4.74 Å². The molecule has 0 saturated heterocycles. The summed E-state index contributed by atoms with van der Waals surface area (Å²) in [5.74, 6) is 0.864. The summed E-state index contributed by atoms with van der Waals surface area (Å²) < 4.78 is 5.42. The van der Waals surface area contributed by atoms with Gasteiger partial charge in [0, 0.05) is 11.1 Å². The number of thiazole rings is 1. The van der Waals surface area contributed by atoms with E-state index in [0.717, 1.165) is 27.6 Å². The molecule has 1 aliphatic heterocycles. The van der Waals surface area contributed by atoms with Crippen molar-refractivity contribution in [3.05, 3.63) is 38.0 Å². The van der Waals surface area contributed by atoms with Gasteiger partial charge in [-0.2, -0.15) is 0 Å². The van der Waals surface area contributed by atoms with E-state index in [1.807, 2.05) is 6.92 Å². The van der Waals surface area contributed by atoms with E-state index in [9.17, 15) is 4.79 Å². The fraction of sp³-hybridized carbons (Fsp3) is 0.385. The van der Waals surface area contributed by atoms with Crippen molar-refractivity contribution in [2.75, 3.05) is 5.75 Å². The highest BCUT2D eigenvalue weighted by Gasteiger charge is 2.29. The Morgan fingerprint density at radius 2 is 2.47 bits per heavy atom. The van der Waals surface area contributed by atoms with Gasteiger partial charge in [-0.05, 0) is 36.1 Å². The molecule has 0 amide bonds. The second kappa shape index (κ2) is 5.64. The number of ether oxygens (including phenoxy) is 1. The zero-order valence-electron chi connectivity index (χ0n) is 10.4. The molecule has 100 valence electrons. The minimum atomic E-state index is -0.149. The molecule has 3 heterocycles. The molecule has 0 saturated carbocycles. The van der Waals surface area contributed by atoms with Crippen molar-refractivity contribution in [1.29, 1.82) is 0 Å². The Labute approximate surface area is 124 Å². The van der Waals surface area contributed by atoms with Crippen LogP contribution >= 0.6 is 34.4 Å². The van der Waals surface area contributed by atoms with Crippen molar-refractivity contribution in [3.8, 4) is 0 Å². The average molecular weight is 311 g/mol. The lowest BCUT2D eigenvalue weighted by atomic mass is 10.1. The van der Waals surface area contributed by atoms with Crippen molar-refractivity contribution in [2.45, 2.75) is 25.2 Å². The summed E-state index contributed by atoms with van der Waals surface area (Å²) in [5.41, 5.74) is 1.15. The molecule has 6 heteroatoms. The number of rotatable bonds is 3. The van der Waals surface area contributed by atoms with Crippen LogP contribution in [0.3, 0.4) is 0 Å². The predicted molar refractivity (Wildman–Crippen MR) is 79.9 cm³/mol. The Kier molecular flexibility index (Phi) is 3.91. The first kappa shape index (κ1) is 13.1. The molecule has 1 unspecified atom stereocenters. The predicted octanol–water partition coefficient (Wildman–Crippen LogP) is 3.59. The van der Waals surface area contributed by atoms with Crippen molar-refractivity contribution in [1.82, 2.24) is 4.98 Å². The van der Waals surface area contributed by atoms with Gasteiger partial charge < -0.3 is 4.74 Å². The number of esters is 1. The number of hydrogen-bond donors (Lipinski definition) is 0. The Morgan fingerprint density at radius 3 is 3.26 bits per heavy atom. The molecular formula is C13H13NO2S3. The molecule has 2 aromatic heterocycles. The zero-order chi connectivity index (χ0) is 13.2. The van der Waals surface area contributed by atoms with Crippen LogP contribution in [-0.2, 0) is 22.6 Å². The van der Waals surface area contributed by atoms with E-state index in [1.165, 1.54) is 4.88 Å². The molecular weight excluding hydrogens is 298 g/mol. The summed E-state index contributed by atoms with van der Waals surface area (Å²) >= 11 is 4.98. The van der Waals surface area contributed by atoms with Gasteiger partial charge in [-0.25, -0.2) is 4.98 Å². The minimum Gasteiger partial charge on any atom is -0.459 e. The van der Waals surface area contributed by atoms with Crippen LogP contribution < -0.4 is 0 Å². The lowest BCUT2D eigenvalue weighted by molar-refractivity contribution is -0.144. The van der Waals surface area contributed by atoms with Gasteiger partial charge in [0.2, 0.25) is 0 Å². The van der Waals surface area contributed by atoms with Crippen molar-refractivity contribution in [2.24, 2.45) is 0 Å². The van der Waals surface area contributed by atoms with Gasteiger partial charge >= 0.3 is 5.97 Å². The van der Waals surface area contributed by atoms with Gasteiger partial charge in [-0.15, -0.1) is 34.4 Å². The van der Waals surface area contributed by atoms with Crippen molar-refractivity contribution >= 4 is 40.4 Å². The van der Waals surface area contributed by atoms with Crippen molar-refractivity contribution in [3.63, 3.8) is 0 Å². The number of carbonyl (C=O) groups excluding carboxylic acids is 1. The number of nitrogens with zero attached hydrogens (tertiary/aromatic N) is 1. The third-order valence-electron chi connectivity index (χ3n) is 2.92. The van der Waals surface area contributed by atoms with Gasteiger partial charge in [-0.1, -0.05) is 0 Å². The smallest absolute Gasteiger partial charge is 0.324 e. The Hall–Kier alpha value is -0.850. The molecule has 3 nitrogen and oxygen atoms in total. The molecule has 0 spiro atoms. The SMILES string of the molecule is Cc1ncc(COC(=O)C2SCCc3sccc32)s1. The highest BCUT2D eigenvalue weighted by Crippen LogP contribution is 2.40. The summed E-state index contributed by atoms with van der Waals surface area (Å²) in [6, 6.07) is 2.05. The average Bonchev–Trinajstić information content (AvgIpc) is 3.03. The van der Waals surface area contributed by atoms with Gasteiger partial charge in [0.15, 0.2) is 0 Å². The number of hydrogen-bond acceptors (Lipinski definition) is 6. The van der Waals surface area contributed by atoms with Crippen LogP contribution in [-0.4, -0.2) is 16.7 Å². The number of aryl methyl sites for hydroxylation is 2. The van der Waals surface area contributed by atoms with Gasteiger partial charge in [-0.3, -0.25) is 4.79 Å². The quantitative estimate of drug-likeness (QED) is 0.812. The Bertz CT molecular complexity index is 590. The first-order valence-electron chi connectivity index (χ1n) is 6.00. The Morgan fingerprint density at radius 1 is 1.58 bits per heavy atom. The van der Waals surface area contributed by atoms with E-state index in [-0.39, 0.29) is 11.2 Å². The molecule has 0 fully saturated rings. The van der Waals surface area contributed by atoms with Gasteiger partial charge in [0.05, 0.1) is 9.88 Å². The van der Waals surface area contributed by atoms with E-state index in [1.54, 1.807) is 40.6 Å². The van der Waals surface area contributed by atoms with E-state index in [0.29, 0.717) is 6.61 Å². The fourth-order valence-electron chi connectivity index (χ4n) is 2.03. The highest BCUT2D eigenvalue weighted by molar-refractivity contribution is 8.00. The Balaban J connectivity index is 1.65. The lowest BCUT2D eigenvalue weighted by Gasteiger charge is -2.20. The van der Waals surface area contributed by atoms with Crippen LogP contribution in [0, 0.1) is 6.92 Å². The fourth-order valence-corrected chi connectivity index (χ4v) is 5.03. The molecule has 1 aliphatic rings. The van der Waals surface area contributed by atoms with Crippen LogP contribution in [0.15, 0.2) is 17.6 Å². The molecule has 0 N–H and O–H groups in total. The minimum absolute atomic E-state index is 0.129. The summed E-state index contributed by atoms with van der Waals surface area (Å²) in [6.07, 6.45) is 2.84. The topological polar surface area (TPSA) is 39.2 Å². The maximum absolute atomic E-state index is 12.2. The van der Waals surface area contributed by atoms with E-state index in [2.05, 4.69) is 16.4 Å². The van der Waals surface area contributed by atoms with Crippen LogP contribution in [0.1, 0.15) is 25.6 Å². The lowest BCUT2D eigenvalue weighted by Crippen LogP contribution is -2.17. The maximum atomic E-state index is 12.2. The van der Waals surface area contributed by atoms with Crippen LogP contribution in [0.25, 0.3) is 0 Å². The highest BCUT2D eigenvalue weighted by atomic mass is 32.2. The normalized spacial score (nSPS) is 18.1. The van der Waals surface area contributed by atoms with Crippen LogP contribution in [0.2, 0.25) is 0 Å². The second-order valence-electron chi connectivity index (χ2n) is 4.25. The van der Waals surface area contributed by atoms with E-state index < -0.39 is 0 Å². The summed E-state index contributed by atoms with van der Waals surface area (Å²) in [5, 5.41) is 2.91. The standard InChI is InChI=1S/C13H13NO2S3/c1-8-14-6-9(19-8)7-16-13(15)12-10-2-4-17-11(10)3-5-18-12/h2,4,6,12H,3,5,7H2,1H3. The largest absolute Gasteiger partial charge is 0.459 e. The van der Waals surface area contributed by atoms with Gasteiger partial charge in [0.25, 0.3) is 0 Å². The van der Waals surface area contributed by atoms with Crippen LogP contribution in [0.4, 0.5) is 0 Å². The molecule has 3 rings (SSSR count). The number of carbonyl (C=O) groups is 1. The first-order valence-corrected chi connectivity index (χ1v) is 8.74. The maximum Gasteiger partial charge on any atom is 0.324 e. The molecule has 2 aromatic rings. The number of thiophene rings is 1. The third-order valence-corrected chi connectivity index (χ3v) is 6.02.